The number of carbonyl (C=O) groups excluding carboxylic acids is 1. The molecule has 0 bridgehead atoms. The van der Waals surface area contributed by atoms with Crippen molar-refractivity contribution in [3.63, 3.8) is 0 Å². The van der Waals surface area contributed by atoms with Crippen LogP contribution in [0.1, 0.15) is 37.8 Å². The summed E-state index contributed by atoms with van der Waals surface area (Å²) in [5.41, 5.74) is 4.38. The van der Waals surface area contributed by atoms with Crippen LogP contribution in [0, 0.1) is 0 Å². The lowest BCUT2D eigenvalue weighted by Gasteiger charge is -2.34. The van der Waals surface area contributed by atoms with Crippen molar-refractivity contribution < 1.29 is 19.4 Å². The zero-order chi connectivity index (χ0) is 18.7. The minimum atomic E-state index is -2.25. The molecule has 0 aromatic heterocycles. The Bertz CT molecular complexity index is 698. The first-order valence-electron chi connectivity index (χ1n) is 8.02. The van der Waals surface area contributed by atoms with E-state index in [9.17, 15) is 14.7 Å². The molecule has 2 rings (SSSR count). The molecule has 1 atom stereocenters. The molecule has 25 heavy (non-hydrogen) atoms. The van der Waals surface area contributed by atoms with Gasteiger partial charge in [0.1, 0.15) is 5.60 Å². The number of carboxylic acid groups (broad SMARTS) is 1. The van der Waals surface area contributed by atoms with E-state index in [1.54, 1.807) is 69.3 Å². The summed E-state index contributed by atoms with van der Waals surface area (Å²) in [6.45, 7) is 5.02. The minimum Gasteiger partial charge on any atom is -0.479 e. The third kappa shape index (κ3) is 4.06. The quantitative estimate of drug-likeness (QED) is 0.645. The van der Waals surface area contributed by atoms with E-state index >= 15 is 0 Å². The molecule has 2 aromatic carbocycles. The Labute approximate surface area is 147 Å². The molecule has 3 N–H and O–H groups in total. The second kappa shape index (κ2) is 7.07. The summed E-state index contributed by atoms with van der Waals surface area (Å²) in [5.74, 6) is -3.29. The summed E-state index contributed by atoms with van der Waals surface area (Å²) < 4.78 is 5.34. The van der Waals surface area contributed by atoms with Crippen molar-refractivity contribution in [2.24, 2.45) is 5.73 Å². The standard InChI is InChI=1S/C20H23NO4/c1-19(2,3)25-18(24)20(21,17(22)23)16(14-10-6-4-7-11-14)15-12-8-5-9-13-15/h4-13,16H,21H2,1-3H3,(H,22,23)/t20-/m1/s1. The zero-order valence-electron chi connectivity index (χ0n) is 14.6. The number of nitrogens with two attached hydrogens (primary N) is 1. The lowest BCUT2D eigenvalue weighted by atomic mass is 9.75. The molecule has 0 aliphatic carbocycles. The highest BCUT2D eigenvalue weighted by atomic mass is 16.6. The maximum atomic E-state index is 12.8. The molecule has 0 radical (unpaired) electrons. The second-order valence-electron chi connectivity index (χ2n) is 6.93. The van der Waals surface area contributed by atoms with Gasteiger partial charge in [0.2, 0.25) is 5.54 Å². The Morgan fingerprint density at radius 2 is 1.32 bits per heavy atom. The first-order valence-corrected chi connectivity index (χ1v) is 8.02. The minimum absolute atomic E-state index is 0.629. The largest absolute Gasteiger partial charge is 0.479 e. The highest BCUT2D eigenvalue weighted by molar-refractivity contribution is 6.06. The molecule has 5 nitrogen and oxygen atoms in total. The van der Waals surface area contributed by atoms with Gasteiger partial charge in [-0.25, -0.2) is 9.59 Å². The van der Waals surface area contributed by atoms with Crippen LogP contribution >= 0.6 is 0 Å². The molecule has 0 fully saturated rings. The van der Waals surface area contributed by atoms with Crippen molar-refractivity contribution in [3.05, 3.63) is 71.8 Å². The van der Waals surface area contributed by atoms with Gasteiger partial charge < -0.3 is 15.6 Å². The first-order chi connectivity index (χ1) is 11.7. The van der Waals surface area contributed by atoms with Crippen molar-refractivity contribution >= 4 is 11.9 Å². The molecule has 132 valence electrons. The molecule has 5 heteroatoms. The van der Waals surface area contributed by atoms with E-state index in [1.807, 2.05) is 12.1 Å². The Kier molecular flexibility index (Phi) is 5.28. The lowest BCUT2D eigenvalue weighted by Crippen LogP contribution is -2.61. The number of hydrogen-bond acceptors (Lipinski definition) is 4. The van der Waals surface area contributed by atoms with Gasteiger partial charge in [0.25, 0.3) is 0 Å². The van der Waals surface area contributed by atoms with Crippen LogP contribution in [-0.2, 0) is 14.3 Å². The summed E-state index contributed by atoms with van der Waals surface area (Å²) in [4.78, 5) is 24.9. The molecular weight excluding hydrogens is 318 g/mol. The van der Waals surface area contributed by atoms with Crippen molar-refractivity contribution in [1.29, 1.82) is 0 Å². The van der Waals surface area contributed by atoms with E-state index < -0.39 is 29.0 Å². The highest BCUT2D eigenvalue weighted by Crippen LogP contribution is 2.35. The van der Waals surface area contributed by atoms with Crippen LogP contribution in [0.3, 0.4) is 0 Å². The van der Waals surface area contributed by atoms with Crippen molar-refractivity contribution in [3.8, 4) is 0 Å². The Hall–Kier alpha value is -2.66. The van der Waals surface area contributed by atoms with Gasteiger partial charge in [-0.05, 0) is 31.9 Å². The third-order valence-electron chi connectivity index (χ3n) is 3.81. The van der Waals surface area contributed by atoms with Crippen molar-refractivity contribution in [2.75, 3.05) is 0 Å². The summed E-state index contributed by atoms with van der Waals surface area (Å²) in [6, 6.07) is 17.8. The fourth-order valence-electron chi connectivity index (χ4n) is 2.70. The fourth-order valence-corrected chi connectivity index (χ4v) is 2.70. The molecule has 0 aliphatic rings. The average Bonchev–Trinajstić information content (AvgIpc) is 2.55. The number of hydrogen-bond donors (Lipinski definition) is 2. The fraction of sp³-hybridized carbons (Fsp3) is 0.300. The number of esters is 1. The van der Waals surface area contributed by atoms with E-state index in [0.717, 1.165) is 0 Å². The molecule has 0 amide bonds. The predicted molar refractivity (Wildman–Crippen MR) is 95.1 cm³/mol. The Morgan fingerprint density at radius 3 is 1.64 bits per heavy atom. The second-order valence-corrected chi connectivity index (χ2v) is 6.93. The Balaban J connectivity index is 2.63. The van der Waals surface area contributed by atoms with Gasteiger partial charge in [0, 0.05) is 5.92 Å². The third-order valence-corrected chi connectivity index (χ3v) is 3.81. The lowest BCUT2D eigenvalue weighted by molar-refractivity contribution is -0.169. The van der Waals surface area contributed by atoms with Gasteiger partial charge >= 0.3 is 11.9 Å². The van der Waals surface area contributed by atoms with Crippen LogP contribution in [0.4, 0.5) is 0 Å². The van der Waals surface area contributed by atoms with Gasteiger partial charge in [-0.15, -0.1) is 0 Å². The van der Waals surface area contributed by atoms with E-state index in [-0.39, 0.29) is 0 Å². The van der Waals surface area contributed by atoms with Gasteiger partial charge in [-0.3, -0.25) is 0 Å². The van der Waals surface area contributed by atoms with Gasteiger partial charge in [0.15, 0.2) is 0 Å². The van der Waals surface area contributed by atoms with Gasteiger partial charge in [-0.1, -0.05) is 60.7 Å². The maximum absolute atomic E-state index is 12.8. The van der Waals surface area contributed by atoms with E-state index in [1.165, 1.54) is 0 Å². The zero-order valence-corrected chi connectivity index (χ0v) is 14.6. The smallest absolute Gasteiger partial charge is 0.339 e. The van der Waals surface area contributed by atoms with Crippen LogP contribution in [-0.4, -0.2) is 28.2 Å². The summed E-state index contributed by atoms with van der Waals surface area (Å²) >= 11 is 0. The average molecular weight is 341 g/mol. The van der Waals surface area contributed by atoms with Crippen LogP contribution in [0.2, 0.25) is 0 Å². The molecule has 0 saturated carbocycles. The van der Waals surface area contributed by atoms with E-state index in [0.29, 0.717) is 11.1 Å². The number of rotatable bonds is 5. The first kappa shape index (κ1) is 18.7. The number of aliphatic carboxylic acids is 1. The Morgan fingerprint density at radius 1 is 0.920 bits per heavy atom. The van der Waals surface area contributed by atoms with Crippen LogP contribution < -0.4 is 5.73 Å². The predicted octanol–water partition coefficient (Wildman–Crippen LogP) is 2.94. The SMILES string of the molecule is CC(C)(C)OC(=O)[C@](N)(C(=O)O)C(c1ccccc1)c1ccccc1. The van der Waals surface area contributed by atoms with Crippen molar-refractivity contribution in [1.82, 2.24) is 0 Å². The highest BCUT2D eigenvalue weighted by Gasteiger charge is 2.53. The van der Waals surface area contributed by atoms with E-state index in [2.05, 4.69) is 0 Å². The van der Waals surface area contributed by atoms with Crippen LogP contribution in [0.15, 0.2) is 60.7 Å². The summed E-state index contributed by atoms with van der Waals surface area (Å²) in [6.07, 6.45) is 0. The maximum Gasteiger partial charge on any atom is 0.339 e. The van der Waals surface area contributed by atoms with Crippen LogP contribution in [0.25, 0.3) is 0 Å². The van der Waals surface area contributed by atoms with E-state index in [4.69, 9.17) is 10.5 Å². The molecule has 0 unspecified atom stereocenters. The summed E-state index contributed by atoms with van der Waals surface area (Å²) in [7, 11) is 0. The molecule has 0 heterocycles. The van der Waals surface area contributed by atoms with Gasteiger partial charge in [0.05, 0.1) is 0 Å². The number of ether oxygens (including phenoxy) is 1. The number of carboxylic acids is 1. The topological polar surface area (TPSA) is 89.6 Å². The van der Waals surface area contributed by atoms with Crippen LogP contribution in [0.5, 0.6) is 0 Å². The van der Waals surface area contributed by atoms with Crippen molar-refractivity contribution in [2.45, 2.75) is 37.8 Å². The molecule has 0 spiro atoms. The number of carbonyl (C=O) groups is 2. The summed E-state index contributed by atoms with van der Waals surface area (Å²) in [5, 5.41) is 9.87. The monoisotopic (exact) mass is 341 g/mol. The number of benzene rings is 2. The molecule has 0 aliphatic heterocycles. The molecule has 2 aromatic rings. The molecular formula is C20H23NO4. The molecule has 0 saturated heterocycles. The normalized spacial score (nSPS) is 14.0. The van der Waals surface area contributed by atoms with Gasteiger partial charge in [-0.2, -0.15) is 0 Å².